The van der Waals surface area contributed by atoms with E-state index in [2.05, 4.69) is 25.4 Å². The Balaban J connectivity index is 1.35. The number of nitrogens with one attached hydrogen (secondary N) is 1. The van der Waals surface area contributed by atoms with E-state index < -0.39 is 6.04 Å². The highest BCUT2D eigenvalue weighted by atomic mass is 32.1. The van der Waals surface area contributed by atoms with Gasteiger partial charge in [0.1, 0.15) is 23.4 Å². The number of nitrogens with zero attached hydrogens (tertiary/aromatic N) is 4. The average Bonchev–Trinajstić information content (AvgIpc) is 3.47. The first-order valence-corrected chi connectivity index (χ1v) is 11.5. The van der Waals surface area contributed by atoms with Crippen LogP contribution in [0.2, 0.25) is 0 Å². The van der Waals surface area contributed by atoms with Crippen molar-refractivity contribution in [2.75, 3.05) is 0 Å². The molecule has 4 rings (SSSR count). The number of hydrogen-bond donors (Lipinski definition) is 1. The Kier molecular flexibility index (Phi) is 7.09. The van der Waals surface area contributed by atoms with Crippen LogP contribution in [0.5, 0.6) is 5.75 Å². The summed E-state index contributed by atoms with van der Waals surface area (Å²) in [5.41, 5.74) is 2.68. The molecule has 0 bridgehead atoms. The van der Waals surface area contributed by atoms with Gasteiger partial charge in [0.25, 0.3) is 0 Å². The van der Waals surface area contributed by atoms with E-state index in [0.29, 0.717) is 24.0 Å². The van der Waals surface area contributed by atoms with Gasteiger partial charge in [-0.1, -0.05) is 36.7 Å². The fourth-order valence-electron chi connectivity index (χ4n) is 3.16. The van der Waals surface area contributed by atoms with Gasteiger partial charge in [-0.3, -0.25) is 9.78 Å². The van der Waals surface area contributed by atoms with E-state index >= 15 is 0 Å². The van der Waals surface area contributed by atoms with Crippen molar-refractivity contribution in [2.45, 2.75) is 39.8 Å². The summed E-state index contributed by atoms with van der Waals surface area (Å²) in [7, 11) is 0. The molecule has 0 aliphatic carbocycles. The van der Waals surface area contributed by atoms with Crippen LogP contribution < -0.4 is 10.1 Å². The summed E-state index contributed by atoms with van der Waals surface area (Å²) in [6.45, 7) is 6.38. The van der Waals surface area contributed by atoms with Gasteiger partial charge in [-0.2, -0.15) is 4.98 Å². The molecule has 0 fully saturated rings. The van der Waals surface area contributed by atoms with Crippen LogP contribution in [-0.2, 0) is 17.8 Å². The molecule has 3 heterocycles. The summed E-state index contributed by atoms with van der Waals surface area (Å²) in [5, 5.41) is 9.75. The van der Waals surface area contributed by atoms with Crippen LogP contribution in [-0.4, -0.2) is 26.0 Å². The molecule has 170 valence electrons. The lowest BCUT2D eigenvalue weighted by Crippen LogP contribution is -2.33. The Hall–Kier alpha value is -3.59. The highest BCUT2D eigenvalue weighted by Crippen LogP contribution is 2.24. The zero-order valence-corrected chi connectivity index (χ0v) is 19.5. The lowest BCUT2D eigenvalue weighted by Gasteiger charge is -2.18. The Labute approximate surface area is 196 Å². The molecule has 1 N–H and O–H groups in total. The molecule has 0 aliphatic heterocycles. The Morgan fingerprint density at radius 1 is 1.12 bits per heavy atom. The van der Waals surface area contributed by atoms with E-state index in [9.17, 15) is 4.79 Å². The van der Waals surface area contributed by atoms with E-state index in [1.807, 2.05) is 50.4 Å². The smallest absolute Gasteiger partial charge is 0.249 e. The standard InChI is InChI=1S/C24H25N5O3S/c1-15(2)22(24-28-23(29-32-24)17-8-10-25-11-9-17)27-20(30)12-18-14-33-21(26-18)13-31-19-6-4-16(3)5-7-19/h4-11,14-15,22H,12-13H2,1-3H3,(H,27,30)/t22-/m1/s1. The minimum atomic E-state index is -0.399. The molecule has 0 saturated carbocycles. The van der Waals surface area contributed by atoms with Crippen molar-refractivity contribution in [3.8, 4) is 17.1 Å². The average molecular weight is 464 g/mol. The van der Waals surface area contributed by atoms with Crippen LogP contribution in [0.25, 0.3) is 11.4 Å². The molecule has 0 unspecified atom stereocenters. The Morgan fingerprint density at radius 3 is 2.61 bits per heavy atom. The van der Waals surface area contributed by atoms with Crippen molar-refractivity contribution < 1.29 is 14.1 Å². The van der Waals surface area contributed by atoms with E-state index in [1.165, 1.54) is 16.9 Å². The Bertz CT molecular complexity index is 1190. The summed E-state index contributed by atoms with van der Waals surface area (Å²) < 4.78 is 11.2. The Morgan fingerprint density at radius 2 is 1.88 bits per heavy atom. The largest absolute Gasteiger partial charge is 0.486 e. The predicted molar refractivity (Wildman–Crippen MR) is 125 cm³/mol. The molecule has 0 radical (unpaired) electrons. The van der Waals surface area contributed by atoms with Crippen LogP contribution in [0.3, 0.4) is 0 Å². The summed E-state index contributed by atoms with van der Waals surface area (Å²) in [5.74, 6) is 1.53. The number of aromatic nitrogens is 4. The maximum absolute atomic E-state index is 12.7. The second kappa shape index (κ2) is 10.4. The van der Waals surface area contributed by atoms with Gasteiger partial charge in [-0.15, -0.1) is 11.3 Å². The lowest BCUT2D eigenvalue weighted by molar-refractivity contribution is -0.121. The number of rotatable bonds is 9. The first-order chi connectivity index (χ1) is 16.0. The first-order valence-electron chi connectivity index (χ1n) is 10.6. The third kappa shape index (κ3) is 6.01. The number of ether oxygens (including phenoxy) is 1. The number of amides is 1. The van der Waals surface area contributed by atoms with Crippen molar-refractivity contribution in [1.82, 2.24) is 25.4 Å². The molecule has 0 saturated heterocycles. The maximum Gasteiger partial charge on any atom is 0.249 e. The van der Waals surface area contributed by atoms with Crippen LogP contribution >= 0.6 is 11.3 Å². The molecule has 1 amide bonds. The predicted octanol–water partition coefficient (Wildman–Crippen LogP) is 4.53. The van der Waals surface area contributed by atoms with Crippen molar-refractivity contribution in [3.63, 3.8) is 0 Å². The summed E-state index contributed by atoms with van der Waals surface area (Å²) in [6.07, 6.45) is 3.50. The highest BCUT2D eigenvalue weighted by Gasteiger charge is 2.25. The minimum absolute atomic E-state index is 0.0635. The summed E-state index contributed by atoms with van der Waals surface area (Å²) in [6, 6.07) is 11.1. The van der Waals surface area contributed by atoms with Crippen LogP contribution in [0.1, 0.15) is 42.0 Å². The van der Waals surface area contributed by atoms with E-state index in [-0.39, 0.29) is 18.2 Å². The van der Waals surface area contributed by atoms with Crippen molar-refractivity contribution >= 4 is 17.2 Å². The SMILES string of the molecule is Cc1ccc(OCc2nc(CC(=O)N[C@@H](c3nc(-c4ccncc4)no3)C(C)C)cs2)cc1. The summed E-state index contributed by atoms with van der Waals surface area (Å²) in [4.78, 5) is 25.7. The number of benzene rings is 1. The molecule has 1 atom stereocenters. The van der Waals surface area contributed by atoms with E-state index in [1.54, 1.807) is 24.5 Å². The van der Waals surface area contributed by atoms with Gasteiger partial charge in [0.05, 0.1) is 12.1 Å². The van der Waals surface area contributed by atoms with Crippen molar-refractivity contribution in [1.29, 1.82) is 0 Å². The fraction of sp³-hybridized carbons (Fsp3) is 0.292. The zero-order valence-electron chi connectivity index (χ0n) is 18.7. The molecule has 4 aromatic rings. The summed E-state index contributed by atoms with van der Waals surface area (Å²) >= 11 is 1.47. The van der Waals surface area contributed by atoms with Crippen molar-refractivity contribution in [2.24, 2.45) is 5.92 Å². The lowest BCUT2D eigenvalue weighted by atomic mass is 10.0. The number of aryl methyl sites for hydroxylation is 1. The van der Waals surface area contributed by atoms with Gasteiger partial charge >= 0.3 is 0 Å². The van der Waals surface area contributed by atoms with Gasteiger partial charge in [-0.25, -0.2) is 4.98 Å². The highest BCUT2D eigenvalue weighted by molar-refractivity contribution is 7.09. The molecule has 3 aromatic heterocycles. The quantitative estimate of drug-likeness (QED) is 0.389. The second-order valence-electron chi connectivity index (χ2n) is 7.99. The third-order valence-electron chi connectivity index (χ3n) is 4.95. The monoisotopic (exact) mass is 463 g/mol. The third-order valence-corrected chi connectivity index (χ3v) is 5.82. The second-order valence-corrected chi connectivity index (χ2v) is 8.94. The topological polar surface area (TPSA) is 103 Å². The molecule has 0 aliphatic rings. The van der Waals surface area contributed by atoms with Gasteiger partial charge in [0, 0.05) is 23.3 Å². The maximum atomic E-state index is 12.7. The normalized spacial score (nSPS) is 12.0. The van der Waals surface area contributed by atoms with Gasteiger partial charge in [0.2, 0.25) is 17.6 Å². The van der Waals surface area contributed by atoms with Crippen LogP contribution in [0.15, 0.2) is 58.7 Å². The number of carbonyl (C=O) groups is 1. The number of hydrogen-bond acceptors (Lipinski definition) is 8. The van der Waals surface area contributed by atoms with E-state index in [4.69, 9.17) is 9.26 Å². The van der Waals surface area contributed by atoms with Crippen molar-refractivity contribution in [3.05, 3.63) is 76.3 Å². The first kappa shape index (κ1) is 22.6. The van der Waals surface area contributed by atoms with Gasteiger partial charge < -0.3 is 14.6 Å². The van der Waals surface area contributed by atoms with Crippen LogP contribution in [0.4, 0.5) is 0 Å². The molecular weight excluding hydrogens is 438 g/mol. The number of pyridine rings is 1. The molecule has 33 heavy (non-hydrogen) atoms. The molecular formula is C24H25N5O3S. The molecule has 1 aromatic carbocycles. The van der Waals surface area contributed by atoms with Gasteiger partial charge in [-0.05, 0) is 37.1 Å². The number of thiazole rings is 1. The fourth-order valence-corrected chi connectivity index (χ4v) is 3.86. The van der Waals surface area contributed by atoms with E-state index in [0.717, 1.165) is 16.3 Å². The van der Waals surface area contributed by atoms with Gasteiger partial charge in [0.15, 0.2) is 0 Å². The number of carbonyl (C=O) groups excluding carboxylic acids is 1. The molecule has 9 heteroatoms. The van der Waals surface area contributed by atoms with Crippen LogP contribution in [0, 0.1) is 12.8 Å². The molecule has 0 spiro atoms. The zero-order chi connectivity index (χ0) is 23.2. The molecule has 8 nitrogen and oxygen atoms in total. The minimum Gasteiger partial charge on any atom is -0.486 e.